The summed E-state index contributed by atoms with van der Waals surface area (Å²) in [5.74, 6) is 0. The highest BCUT2D eigenvalue weighted by Gasteiger charge is 2.25. The Balaban J connectivity index is 2.24. The summed E-state index contributed by atoms with van der Waals surface area (Å²) in [7, 11) is 1.79. The summed E-state index contributed by atoms with van der Waals surface area (Å²) in [5.41, 5.74) is 0. The van der Waals surface area contributed by atoms with Crippen LogP contribution < -0.4 is 5.32 Å². The summed E-state index contributed by atoms with van der Waals surface area (Å²) in [5, 5.41) is 3.70. The number of methoxy groups -OCH3 is 1. The lowest BCUT2D eigenvalue weighted by Crippen LogP contribution is -2.56. The van der Waals surface area contributed by atoms with Crippen LogP contribution in [-0.4, -0.2) is 50.3 Å². The zero-order valence-electron chi connectivity index (χ0n) is 12.6. The second-order valence-corrected chi connectivity index (χ2v) is 5.50. The highest BCUT2D eigenvalue weighted by molar-refractivity contribution is 4.85. The van der Waals surface area contributed by atoms with Crippen LogP contribution in [-0.2, 0) is 4.74 Å². The molecule has 1 N–H and O–H groups in total. The second-order valence-electron chi connectivity index (χ2n) is 5.50. The van der Waals surface area contributed by atoms with E-state index in [4.69, 9.17) is 4.74 Å². The van der Waals surface area contributed by atoms with Crippen LogP contribution in [0.4, 0.5) is 0 Å². The number of nitrogens with one attached hydrogen (secondary N) is 1. The van der Waals surface area contributed by atoms with Crippen molar-refractivity contribution in [3.05, 3.63) is 0 Å². The predicted molar refractivity (Wildman–Crippen MR) is 78.1 cm³/mol. The SMILES string of the molecule is CCCC1CN(CCCCCOC)C(CC)CN1. The number of rotatable bonds is 9. The second kappa shape index (κ2) is 9.76. The smallest absolute Gasteiger partial charge is 0.0462 e. The van der Waals surface area contributed by atoms with Crippen LogP contribution in [0.15, 0.2) is 0 Å². The van der Waals surface area contributed by atoms with Gasteiger partial charge in [-0.3, -0.25) is 4.90 Å². The third-order valence-corrected chi connectivity index (χ3v) is 4.02. The molecular weight excluding hydrogens is 224 g/mol. The molecule has 1 fully saturated rings. The Kier molecular flexibility index (Phi) is 8.64. The van der Waals surface area contributed by atoms with Crippen molar-refractivity contribution in [1.29, 1.82) is 0 Å². The number of hydrogen-bond acceptors (Lipinski definition) is 3. The summed E-state index contributed by atoms with van der Waals surface area (Å²) < 4.78 is 5.10. The van der Waals surface area contributed by atoms with Gasteiger partial charge in [0.1, 0.15) is 0 Å². The Hall–Kier alpha value is -0.120. The van der Waals surface area contributed by atoms with Crippen LogP contribution in [0, 0.1) is 0 Å². The van der Waals surface area contributed by atoms with Gasteiger partial charge in [-0.15, -0.1) is 0 Å². The molecule has 3 nitrogen and oxygen atoms in total. The van der Waals surface area contributed by atoms with E-state index in [1.807, 2.05) is 0 Å². The van der Waals surface area contributed by atoms with E-state index in [9.17, 15) is 0 Å². The van der Waals surface area contributed by atoms with Crippen molar-refractivity contribution in [2.24, 2.45) is 0 Å². The van der Waals surface area contributed by atoms with Crippen LogP contribution in [0.1, 0.15) is 52.4 Å². The minimum Gasteiger partial charge on any atom is -0.385 e. The van der Waals surface area contributed by atoms with Crippen LogP contribution in [0.3, 0.4) is 0 Å². The van der Waals surface area contributed by atoms with Crippen molar-refractivity contribution < 1.29 is 4.74 Å². The Morgan fingerprint density at radius 3 is 2.72 bits per heavy atom. The largest absolute Gasteiger partial charge is 0.385 e. The fraction of sp³-hybridized carbons (Fsp3) is 1.00. The standard InChI is InChI=1S/C15H32N2O/c1-4-9-14-13-17(15(5-2)12-16-14)10-7-6-8-11-18-3/h14-16H,4-13H2,1-3H3. The minimum atomic E-state index is 0.719. The van der Waals surface area contributed by atoms with Crippen molar-refractivity contribution in [3.8, 4) is 0 Å². The molecule has 108 valence electrons. The fourth-order valence-corrected chi connectivity index (χ4v) is 2.88. The maximum Gasteiger partial charge on any atom is 0.0462 e. The summed E-state index contributed by atoms with van der Waals surface area (Å²) in [6.07, 6.45) is 7.69. The molecule has 0 amide bonds. The first kappa shape index (κ1) is 15.9. The summed E-state index contributed by atoms with van der Waals surface area (Å²) in [6, 6.07) is 1.47. The molecule has 0 radical (unpaired) electrons. The zero-order chi connectivity index (χ0) is 13.2. The Morgan fingerprint density at radius 1 is 1.22 bits per heavy atom. The van der Waals surface area contributed by atoms with Crippen molar-refractivity contribution in [2.45, 2.75) is 64.5 Å². The van der Waals surface area contributed by atoms with Crippen molar-refractivity contribution >= 4 is 0 Å². The van der Waals surface area contributed by atoms with Gasteiger partial charge in [0, 0.05) is 38.9 Å². The van der Waals surface area contributed by atoms with E-state index >= 15 is 0 Å². The van der Waals surface area contributed by atoms with E-state index in [1.54, 1.807) is 7.11 Å². The summed E-state index contributed by atoms with van der Waals surface area (Å²) in [6.45, 7) is 9.20. The first-order chi connectivity index (χ1) is 8.81. The molecule has 2 atom stereocenters. The van der Waals surface area contributed by atoms with Gasteiger partial charge in [-0.25, -0.2) is 0 Å². The molecule has 0 saturated carbocycles. The molecule has 1 rings (SSSR count). The molecule has 1 saturated heterocycles. The van der Waals surface area contributed by atoms with Gasteiger partial charge in [0.15, 0.2) is 0 Å². The number of ether oxygens (including phenoxy) is 1. The van der Waals surface area contributed by atoms with Crippen LogP contribution in [0.25, 0.3) is 0 Å². The van der Waals surface area contributed by atoms with Gasteiger partial charge in [-0.05, 0) is 38.6 Å². The lowest BCUT2D eigenvalue weighted by molar-refractivity contribution is 0.119. The van der Waals surface area contributed by atoms with Crippen LogP contribution >= 0.6 is 0 Å². The summed E-state index contributed by atoms with van der Waals surface area (Å²) >= 11 is 0. The number of nitrogens with zero attached hydrogens (tertiary/aromatic N) is 1. The molecular formula is C15H32N2O. The van der Waals surface area contributed by atoms with Crippen molar-refractivity contribution in [1.82, 2.24) is 10.2 Å². The fourth-order valence-electron chi connectivity index (χ4n) is 2.88. The molecule has 1 heterocycles. The van der Waals surface area contributed by atoms with E-state index in [0.29, 0.717) is 0 Å². The molecule has 2 unspecified atom stereocenters. The van der Waals surface area contributed by atoms with Gasteiger partial charge in [0.05, 0.1) is 0 Å². The monoisotopic (exact) mass is 256 g/mol. The molecule has 1 aliphatic heterocycles. The van der Waals surface area contributed by atoms with Gasteiger partial charge >= 0.3 is 0 Å². The number of piperazine rings is 1. The Morgan fingerprint density at radius 2 is 2.06 bits per heavy atom. The first-order valence-electron chi connectivity index (χ1n) is 7.78. The van der Waals surface area contributed by atoms with E-state index in [-0.39, 0.29) is 0 Å². The molecule has 3 heteroatoms. The van der Waals surface area contributed by atoms with Gasteiger partial charge < -0.3 is 10.1 Å². The maximum absolute atomic E-state index is 5.10. The maximum atomic E-state index is 5.10. The molecule has 1 aliphatic rings. The zero-order valence-corrected chi connectivity index (χ0v) is 12.6. The van der Waals surface area contributed by atoms with Gasteiger partial charge in [0.2, 0.25) is 0 Å². The Labute approximate surface area is 113 Å². The summed E-state index contributed by atoms with van der Waals surface area (Å²) in [4.78, 5) is 2.71. The highest BCUT2D eigenvalue weighted by Crippen LogP contribution is 2.14. The lowest BCUT2D eigenvalue weighted by Gasteiger charge is -2.40. The minimum absolute atomic E-state index is 0.719. The first-order valence-corrected chi connectivity index (χ1v) is 7.78. The molecule has 0 bridgehead atoms. The topological polar surface area (TPSA) is 24.5 Å². The predicted octanol–water partition coefficient (Wildman–Crippen LogP) is 2.66. The quantitative estimate of drug-likeness (QED) is 0.642. The number of unbranched alkanes of at least 4 members (excludes halogenated alkanes) is 2. The Bertz CT molecular complexity index is 199. The van der Waals surface area contributed by atoms with E-state index < -0.39 is 0 Å². The van der Waals surface area contributed by atoms with Gasteiger partial charge in [0.25, 0.3) is 0 Å². The van der Waals surface area contributed by atoms with Gasteiger partial charge in [-0.2, -0.15) is 0 Å². The third-order valence-electron chi connectivity index (χ3n) is 4.02. The van der Waals surface area contributed by atoms with E-state index in [0.717, 1.165) is 18.7 Å². The molecule has 18 heavy (non-hydrogen) atoms. The lowest BCUT2D eigenvalue weighted by atomic mass is 10.0. The highest BCUT2D eigenvalue weighted by atomic mass is 16.5. The molecule has 0 spiro atoms. The average molecular weight is 256 g/mol. The van der Waals surface area contributed by atoms with Crippen LogP contribution in [0.5, 0.6) is 0 Å². The normalized spacial score (nSPS) is 25.5. The third kappa shape index (κ3) is 5.68. The average Bonchev–Trinajstić information content (AvgIpc) is 2.39. The molecule has 0 aliphatic carbocycles. The van der Waals surface area contributed by atoms with E-state index in [2.05, 4.69) is 24.1 Å². The van der Waals surface area contributed by atoms with Crippen LogP contribution in [0.2, 0.25) is 0 Å². The molecule has 0 aromatic carbocycles. The molecule has 0 aromatic heterocycles. The van der Waals surface area contributed by atoms with Crippen molar-refractivity contribution in [3.63, 3.8) is 0 Å². The van der Waals surface area contributed by atoms with Gasteiger partial charge in [-0.1, -0.05) is 20.3 Å². The molecule has 0 aromatic rings. The van der Waals surface area contributed by atoms with Crippen molar-refractivity contribution in [2.75, 3.05) is 33.4 Å². The van der Waals surface area contributed by atoms with E-state index in [1.165, 1.54) is 58.2 Å². The number of hydrogen-bond donors (Lipinski definition) is 1.